The number of rotatable bonds is 10. The third-order valence-corrected chi connectivity index (χ3v) is 5.82. The summed E-state index contributed by atoms with van der Waals surface area (Å²) in [6.45, 7) is 3.68. The molecule has 0 atom stereocenters. The van der Waals surface area contributed by atoms with Gasteiger partial charge in [0.25, 0.3) is 0 Å². The van der Waals surface area contributed by atoms with Gasteiger partial charge < -0.3 is 13.7 Å². The van der Waals surface area contributed by atoms with Gasteiger partial charge in [-0.25, -0.2) is 4.79 Å². The van der Waals surface area contributed by atoms with E-state index in [0.717, 1.165) is 50.7 Å². The quantitative estimate of drug-likeness (QED) is 0.228. The highest BCUT2D eigenvalue weighted by atomic mass is 32.2. The molecule has 168 valence electrons. The van der Waals surface area contributed by atoms with Crippen LogP contribution in [0, 0.1) is 6.92 Å². The Bertz CT molecular complexity index is 1040. The highest BCUT2D eigenvalue weighted by Gasteiger charge is 2.48. The van der Waals surface area contributed by atoms with E-state index in [1.54, 1.807) is 6.92 Å². The van der Waals surface area contributed by atoms with E-state index in [9.17, 15) is 31.5 Å². The molecule has 30 heavy (non-hydrogen) atoms. The Kier molecular flexibility index (Phi) is 7.79. The van der Waals surface area contributed by atoms with Gasteiger partial charge in [-0.2, -0.15) is 21.6 Å². The van der Waals surface area contributed by atoms with Crippen molar-refractivity contribution in [3.05, 3.63) is 33.7 Å². The summed E-state index contributed by atoms with van der Waals surface area (Å²) in [6, 6.07) is 1.62. The van der Waals surface area contributed by atoms with Crippen molar-refractivity contribution in [2.24, 2.45) is 0 Å². The van der Waals surface area contributed by atoms with Gasteiger partial charge in [-0.05, 0) is 25.3 Å². The number of hydrogen-bond acceptors (Lipinski definition) is 6. The van der Waals surface area contributed by atoms with Gasteiger partial charge in [0, 0.05) is 17.7 Å². The molecule has 0 spiro atoms. The minimum absolute atomic E-state index is 0.162. The Hall–Kier alpha value is -2.23. The number of benzene rings is 1. The van der Waals surface area contributed by atoms with Gasteiger partial charge in [-0.1, -0.05) is 45.4 Å². The number of unbranched alkanes of at least 4 members (excludes halogenated alkanes) is 6. The van der Waals surface area contributed by atoms with Gasteiger partial charge in [0.05, 0.1) is 5.39 Å². The zero-order valence-corrected chi connectivity index (χ0v) is 17.7. The Balaban J connectivity index is 2.29. The minimum Gasteiger partial charge on any atom is -0.507 e. The lowest BCUT2D eigenvalue weighted by molar-refractivity contribution is -0.0500. The Morgan fingerprint density at radius 1 is 1.07 bits per heavy atom. The average Bonchev–Trinajstić information content (AvgIpc) is 2.62. The van der Waals surface area contributed by atoms with Crippen LogP contribution in [0.15, 0.2) is 21.3 Å². The highest BCUT2D eigenvalue weighted by Crippen LogP contribution is 2.36. The molecule has 0 bridgehead atoms. The molecule has 0 aliphatic rings. The lowest BCUT2D eigenvalue weighted by Gasteiger charge is -2.13. The number of halogens is 3. The van der Waals surface area contributed by atoms with Crippen LogP contribution < -0.4 is 9.81 Å². The SMILES string of the molecule is CCCCCCCCCc1c(C)c(=O)oc2cc(OS(=O)(=O)C(F)(F)F)cc(O)c12. The van der Waals surface area contributed by atoms with E-state index in [-0.39, 0.29) is 11.0 Å². The third-order valence-electron chi connectivity index (χ3n) is 4.84. The largest absolute Gasteiger partial charge is 0.534 e. The molecule has 1 N–H and O–H groups in total. The van der Waals surface area contributed by atoms with Gasteiger partial charge in [0.1, 0.15) is 17.1 Å². The smallest absolute Gasteiger partial charge is 0.507 e. The number of fused-ring (bicyclic) bond motifs is 1. The van der Waals surface area contributed by atoms with Crippen LogP contribution in [0.3, 0.4) is 0 Å². The molecule has 2 aromatic rings. The van der Waals surface area contributed by atoms with E-state index >= 15 is 0 Å². The molecule has 0 amide bonds. The Morgan fingerprint density at radius 2 is 1.67 bits per heavy atom. The van der Waals surface area contributed by atoms with E-state index in [0.29, 0.717) is 17.5 Å². The molecule has 0 saturated heterocycles. The maximum atomic E-state index is 12.5. The van der Waals surface area contributed by atoms with Crippen molar-refractivity contribution in [3.8, 4) is 11.5 Å². The molecule has 1 aromatic heterocycles. The van der Waals surface area contributed by atoms with Crippen LogP contribution in [-0.4, -0.2) is 19.0 Å². The first kappa shape index (κ1) is 24.0. The van der Waals surface area contributed by atoms with Crippen molar-refractivity contribution in [2.75, 3.05) is 0 Å². The van der Waals surface area contributed by atoms with Crippen molar-refractivity contribution < 1.29 is 35.3 Å². The van der Waals surface area contributed by atoms with Crippen LogP contribution in [0.5, 0.6) is 11.5 Å². The third kappa shape index (κ3) is 5.68. The highest BCUT2D eigenvalue weighted by molar-refractivity contribution is 7.88. The van der Waals surface area contributed by atoms with Crippen molar-refractivity contribution in [1.29, 1.82) is 0 Å². The predicted octanol–water partition coefficient (Wildman–Crippen LogP) is 5.33. The zero-order valence-electron chi connectivity index (χ0n) is 16.8. The monoisotopic (exact) mass is 450 g/mol. The molecule has 6 nitrogen and oxygen atoms in total. The number of hydrogen-bond donors (Lipinski definition) is 1. The Morgan fingerprint density at radius 3 is 2.27 bits per heavy atom. The number of alkyl halides is 3. The topological polar surface area (TPSA) is 93.8 Å². The molecule has 0 radical (unpaired) electrons. The first-order valence-corrected chi connectivity index (χ1v) is 11.2. The van der Waals surface area contributed by atoms with Crippen molar-refractivity contribution in [3.63, 3.8) is 0 Å². The van der Waals surface area contributed by atoms with Crippen LogP contribution in [-0.2, 0) is 16.5 Å². The fourth-order valence-electron chi connectivity index (χ4n) is 3.24. The van der Waals surface area contributed by atoms with Crippen LogP contribution in [0.25, 0.3) is 11.0 Å². The molecule has 2 rings (SSSR count). The van der Waals surface area contributed by atoms with Crippen LogP contribution in [0.1, 0.15) is 63.0 Å². The van der Waals surface area contributed by atoms with E-state index in [2.05, 4.69) is 11.1 Å². The maximum absolute atomic E-state index is 12.5. The standard InChI is InChI=1S/C20H25F3O6S/c1-3-4-5-6-7-8-9-10-15-13(2)19(25)28-17-12-14(11-16(24)18(15)17)29-30(26,27)20(21,22)23/h11-12,24H,3-10H2,1-2H3. The lowest BCUT2D eigenvalue weighted by Crippen LogP contribution is -2.28. The van der Waals surface area contributed by atoms with Gasteiger partial charge in [0.15, 0.2) is 0 Å². The molecular formula is C20H25F3O6S. The van der Waals surface area contributed by atoms with E-state index in [1.807, 2.05) is 0 Å². The summed E-state index contributed by atoms with van der Waals surface area (Å²) in [5, 5.41) is 10.5. The Labute approximate surface area is 172 Å². The second-order valence-electron chi connectivity index (χ2n) is 7.16. The molecule has 0 aliphatic heterocycles. The second-order valence-corrected chi connectivity index (χ2v) is 8.70. The molecule has 1 heterocycles. The van der Waals surface area contributed by atoms with Gasteiger partial charge in [0.2, 0.25) is 0 Å². The normalized spacial score (nSPS) is 12.4. The van der Waals surface area contributed by atoms with Crippen molar-refractivity contribution >= 4 is 21.1 Å². The molecule has 10 heteroatoms. The number of phenols is 1. The summed E-state index contributed by atoms with van der Waals surface area (Å²) in [7, 11) is -5.92. The number of aromatic hydroxyl groups is 1. The van der Waals surface area contributed by atoms with Gasteiger partial charge in [-0.15, -0.1) is 0 Å². The molecule has 1 aromatic carbocycles. The van der Waals surface area contributed by atoms with Gasteiger partial charge in [-0.3, -0.25) is 0 Å². The summed E-state index contributed by atoms with van der Waals surface area (Å²) in [4.78, 5) is 12.1. The van der Waals surface area contributed by atoms with Crippen LogP contribution in [0.4, 0.5) is 13.2 Å². The van der Waals surface area contributed by atoms with Crippen molar-refractivity contribution in [2.45, 2.75) is 70.7 Å². The van der Waals surface area contributed by atoms with Gasteiger partial charge >= 0.3 is 21.3 Å². The first-order chi connectivity index (χ1) is 14.0. The average molecular weight is 450 g/mol. The number of aryl methyl sites for hydroxylation is 1. The van der Waals surface area contributed by atoms with E-state index in [4.69, 9.17) is 4.42 Å². The fraction of sp³-hybridized carbons (Fsp3) is 0.550. The molecule has 0 unspecified atom stereocenters. The van der Waals surface area contributed by atoms with E-state index < -0.39 is 32.8 Å². The van der Waals surface area contributed by atoms with E-state index in [1.165, 1.54) is 6.42 Å². The van der Waals surface area contributed by atoms with Crippen LogP contribution >= 0.6 is 0 Å². The van der Waals surface area contributed by atoms with Crippen molar-refractivity contribution in [1.82, 2.24) is 0 Å². The molecule has 0 aliphatic carbocycles. The summed E-state index contributed by atoms with van der Waals surface area (Å²) >= 11 is 0. The summed E-state index contributed by atoms with van der Waals surface area (Å²) in [6.07, 6.45) is 7.81. The fourth-order valence-corrected chi connectivity index (χ4v) is 3.68. The summed E-state index contributed by atoms with van der Waals surface area (Å²) < 4.78 is 69.1. The minimum atomic E-state index is -5.92. The molecule has 0 saturated carbocycles. The maximum Gasteiger partial charge on any atom is 0.534 e. The zero-order chi connectivity index (χ0) is 22.5. The first-order valence-electron chi connectivity index (χ1n) is 9.78. The summed E-state index contributed by atoms with van der Waals surface area (Å²) in [5.41, 5.74) is -5.77. The molecular weight excluding hydrogens is 425 g/mol. The summed E-state index contributed by atoms with van der Waals surface area (Å²) in [5.74, 6) is -1.32. The lowest BCUT2D eigenvalue weighted by atomic mass is 9.98. The molecule has 0 fully saturated rings. The van der Waals surface area contributed by atoms with Crippen LogP contribution in [0.2, 0.25) is 0 Å². The number of phenolic OH excluding ortho intramolecular Hbond substituents is 1. The second kappa shape index (κ2) is 9.72. The predicted molar refractivity (Wildman–Crippen MR) is 106 cm³/mol.